The van der Waals surface area contributed by atoms with E-state index in [4.69, 9.17) is 4.42 Å². The molecule has 0 spiro atoms. The van der Waals surface area contributed by atoms with E-state index in [1.165, 1.54) is 109 Å². The molecule has 0 fully saturated rings. The molecule has 322 valence electrons. The molecular weight excluding hydrogens is 808 g/mol. The minimum absolute atomic E-state index is 0.00863. The number of hydrogen-bond acceptors (Lipinski definition) is 3. The van der Waals surface area contributed by atoms with Gasteiger partial charge in [0.25, 0.3) is 6.71 Å². The molecule has 0 N–H and O–H groups in total. The van der Waals surface area contributed by atoms with Crippen molar-refractivity contribution in [2.24, 2.45) is 0 Å². The molecule has 0 saturated heterocycles. The van der Waals surface area contributed by atoms with E-state index < -0.39 is 0 Å². The third kappa shape index (κ3) is 5.86. The molecule has 0 atom stereocenters. The summed E-state index contributed by atoms with van der Waals surface area (Å²) in [5.41, 5.74) is 19.8. The molecule has 5 heterocycles. The number of para-hydroxylation sites is 2. The zero-order valence-electron chi connectivity index (χ0n) is 39.9. The maximum absolute atomic E-state index is 6.87. The van der Waals surface area contributed by atoms with E-state index in [2.05, 4.69) is 220 Å². The lowest BCUT2D eigenvalue weighted by Gasteiger charge is -2.40. The van der Waals surface area contributed by atoms with Gasteiger partial charge < -0.3 is 13.9 Å². The van der Waals surface area contributed by atoms with Crippen LogP contribution in [0.5, 0.6) is 0 Å². The molecule has 3 aromatic heterocycles. The average Bonchev–Trinajstić information content (AvgIpc) is 3.93. The van der Waals surface area contributed by atoms with E-state index in [1.54, 1.807) is 0 Å². The quantitative estimate of drug-likeness (QED) is 0.161. The van der Waals surface area contributed by atoms with Gasteiger partial charge >= 0.3 is 0 Å². The van der Waals surface area contributed by atoms with E-state index in [9.17, 15) is 0 Å². The first-order chi connectivity index (χ1) is 30.8. The molecule has 2 aliphatic rings. The highest BCUT2D eigenvalue weighted by Gasteiger charge is 2.45. The van der Waals surface area contributed by atoms with Gasteiger partial charge in [0.15, 0.2) is 0 Å². The van der Waals surface area contributed by atoms with Gasteiger partial charge in [-0.15, -0.1) is 11.3 Å². The monoisotopic (exact) mass is 864 g/mol. The first-order valence-corrected chi connectivity index (χ1v) is 24.3. The summed E-state index contributed by atoms with van der Waals surface area (Å²) in [4.78, 5) is 2.68. The van der Waals surface area contributed by atoms with E-state index in [0.29, 0.717) is 0 Å². The number of hydrogen-bond donors (Lipinski definition) is 0. The van der Waals surface area contributed by atoms with Crippen LogP contribution >= 0.6 is 11.3 Å². The smallest absolute Gasteiger partial charge is 0.264 e. The van der Waals surface area contributed by atoms with Crippen molar-refractivity contribution >= 4 is 105 Å². The molecule has 3 nitrogen and oxygen atoms in total. The molecule has 0 saturated carbocycles. The van der Waals surface area contributed by atoms with Crippen molar-refractivity contribution in [1.82, 2.24) is 4.57 Å². The second-order valence-corrected chi connectivity index (χ2v) is 24.1. The number of anilines is 3. The molecule has 10 aromatic rings. The normalized spacial score (nSPS) is 14.1. The van der Waals surface area contributed by atoms with Crippen LogP contribution in [-0.4, -0.2) is 11.3 Å². The fraction of sp³-hybridized carbons (Fsp3) is 0.267. The predicted octanol–water partition coefficient (Wildman–Crippen LogP) is 15.4. The third-order valence-corrected chi connectivity index (χ3v) is 15.8. The van der Waals surface area contributed by atoms with Gasteiger partial charge in [-0.2, -0.15) is 0 Å². The number of nitrogens with zero attached hydrogens (tertiary/aromatic N) is 2. The van der Waals surface area contributed by atoms with Crippen LogP contribution in [0.4, 0.5) is 17.1 Å². The summed E-state index contributed by atoms with van der Waals surface area (Å²) in [5.74, 6) is 0. The lowest BCUT2D eigenvalue weighted by atomic mass is 9.36. The van der Waals surface area contributed by atoms with Gasteiger partial charge in [-0.05, 0) is 109 Å². The summed E-state index contributed by atoms with van der Waals surface area (Å²) in [6.45, 7) is 28.2. The average molecular weight is 865 g/mol. The number of aromatic nitrogens is 1. The third-order valence-electron chi connectivity index (χ3n) is 14.6. The van der Waals surface area contributed by atoms with Crippen LogP contribution in [0.1, 0.15) is 105 Å². The zero-order chi connectivity index (χ0) is 45.3. The molecule has 5 heteroatoms. The minimum Gasteiger partial charge on any atom is -0.455 e. The summed E-state index contributed by atoms with van der Waals surface area (Å²) in [6, 6.07) is 49.1. The number of furan rings is 1. The van der Waals surface area contributed by atoms with Crippen molar-refractivity contribution in [1.29, 1.82) is 0 Å². The van der Waals surface area contributed by atoms with Gasteiger partial charge in [0.1, 0.15) is 11.2 Å². The van der Waals surface area contributed by atoms with Crippen molar-refractivity contribution in [3.8, 4) is 16.8 Å². The second-order valence-electron chi connectivity index (χ2n) is 23.1. The number of rotatable bonds is 2. The molecule has 0 aliphatic carbocycles. The first-order valence-electron chi connectivity index (χ1n) is 23.5. The van der Waals surface area contributed by atoms with Gasteiger partial charge in [0.05, 0.1) is 27.8 Å². The largest absolute Gasteiger partial charge is 0.455 e. The number of benzene rings is 7. The van der Waals surface area contributed by atoms with Crippen LogP contribution < -0.4 is 20.6 Å². The molecular formula is C60H57BN2OS. The van der Waals surface area contributed by atoms with Crippen LogP contribution in [0.15, 0.2) is 132 Å². The van der Waals surface area contributed by atoms with Crippen molar-refractivity contribution < 1.29 is 4.42 Å². The summed E-state index contributed by atoms with van der Waals surface area (Å²) < 4.78 is 12.1. The van der Waals surface area contributed by atoms with Crippen molar-refractivity contribution in [3.05, 3.63) is 150 Å². The van der Waals surface area contributed by atoms with E-state index >= 15 is 0 Å². The Kier molecular flexibility index (Phi) is 8.28. The highest BCUT2D eigenvalue weighted by molar-refractivity contribution is 7.33. The summed E-state index contributed by atoms with van der Waals surface area (Å²) in [6.07, 6.45) is 0. The Labute approximate surface area is 387 Å². The minimum atomic E-state index is -0.0460. The standard InChI is InChI=1S/C60H57BN2OS/c1-57(2,3)35-24-26-46(41(31-35)34-28-37(59(7,8)9)30-38(29-34)60(10,11)12)62-47-21-17-22-48-52(47)61(56-53(62)43-32-36(58(4,5)6)25-27-50(43)65-56)44-33-42-39-18-14-16-23-49(39)64-55(42)51-40-19-13-15-20-45(40)63(48)54(44)51/h13-33H,1-12H3. The molecule has 65 heavy (non-hydrogen) atoms. The maximum atomic E-state index is 6.87. The predicted molar refractivity (Wildman–Crippen MR) is 283 cm³/mol. The molecule has 12 rings (SSSR count). The Hall–Kier alpha value is -6.04. The molecule has 0 unspecified atom stereocenters. The molecule has 7 aromatic carbocycles. The van der Waals surface area contributed by atoms with Crippen LogP contribution in [0.2, 0.25) is 0 Å². The number of thiophene rings is 1. The van der Waals surface area contributed by atoms with E-state index in [0.717, 1.165) is 16.6 Å². The molecule has 0 radical (unpaired) electrons. The van der Waals surface area contributed by atoms with Gasteiger partial charge in [-0.1, -0.05) is 162 Å². The lowest BCUT2D eigenvalue weighted by molar-refractivity contribution is 0.569. The van der Waals surface area contributed by atoms with Crippen LogP contribution in [-0.2, 0) is 21.7 Å². The summed E-state index contributed by atoms with van der Waals surface area (Å²) in [7, 11) is 0. The highest BCUT2D eigenvalue weighted by Crippen LogP contribution is 2.51. The van der Waals surface area contributed by atoms with Crippen LogP contribution in [0, 0.1) is 0 Å². The zero-order valence-corrected chi connectivity index (χ0v) is 40.7. The second kappa shape index (κ2) is 13.3. The topological polar surface area (TPSA) is 21.3 Å². The van der Waals surface area contributed by atoms with Crippen LogP contribution in [0.3, 0.4) is 0 Å². The molecule has 0 amide bonds. The Morgan fingerprint density at radius 1 is 0.508 bits per heavy atom. The van der Waals surface area contributed by atoms with Crippen molar-refractivity contribution in [3.63, 3.8) is 0 Å². The Balaban J connectivity index is 1.25. The Morgan fingerprint density at radius 3 is 1.85 bits per heavy atom. The van der Waals surface area contributed by atoms with Crippen LogP contribution in [0.25, 0.3) is 70.6 Å². The van der Waals surface area contributed by atoms with Gasteiger partial charge in [-0.25, -0.2) is 0 Å². The Morgan fingerprint density at radius 2 is 1.14 bits per heavy atom. The fourth-order valence-corrected chi connectivity index (χ4v) is 12.2. The van der Waals surface area contributed by atoms with Gasteiger partial charge in [-0.3, -0.25) is 0 Å². The summed E-state index contributed by atoms with van der Waals surface area (Å²) in [5, 5.41) is 6.09. The van der Waals surface area contributed by atoms with E-state index in [1.807, 2.05) is 11.3 Å². The maximum Gasteiger partial charge on any atom is 0.264 e. The molecule has 0 bridgehead atoms. The van der Waals surface area contributed by atoms with E-state index in [-0.39, 0.29) is 28.4 Å². The highest BCUT2D eigenvalue weighted by atomic mass is 32.1. The summed E-state index contributed by atoms with van der Waals surface area (Å²) >= 11 is 1.98. The van der Waals surface area contributed by atoms with Gasteiger partial charge in [0, 0.05) is 48.0 Å². The lowest BCUT2D eigenvalue weighted by Crippen LogP contribution is -2.59. The van der Waals surface area contributed by atoms with Crippen molar-refractivity contribution in [2.45, 2.75) is 105 Å². The van der Waals surface area contributed by atoms with Gasteiger partial charge in [0.2, 0.25) is 0 Å². The molecule has 2 aliphatic heterocycles. The Bertz CT molecular complexity index is 3630. The number of fused-ring (bicyclic) bond motifs is 13. The van der Waals surface area contributed by atoms with Crippen molar-refractivity contribution in [2.75, 3.05) is 4.90 Å². The first kappa shape index (κ1) is 40.5. The SMILES string of the molecule is CC(C)(C)c1cc(-c2cc(C(C)(C)C)ccc2N2c3cccc4c3B(c3sc5ccc(C(C)(C)C)cc5c32)c2cc3c5ccccc5oc3c3c5ccccc5n-4c23)cc(C(C)(C)C)c1. The fourth-order valence-electron chi connectivity index (χ4n) is 10.9.